The molecule has 1 aromatic rings. The number of carbonyl (C=O) groups excluding carboxylic acids is 2. The van der Waals surface area contributed by atoms with Gasteiger partial charge in [-0.2, -0.15) is 0 Å². The van der Waals surface area contributed by atoms with E-state index in [0.717, 1.165) is 18.6 Å². The largest absolute Gasteiger partial charge is 0.494 e. The van der Waals surface area contributed by atoms with Crippen molar-refractivity contribution < 1.29 is 19.6 Å². The number of ether oxygens (including phenoxy) is 1. The van der Waals surface area contributed by atoms with Crippen LogP contribution in [0.4, 0.5) is 5.69 Å². The summed E-state index contributed by atoms with van der Waals surface area (Å²) in [5, 5.41) is 2.13. The van der Waals surface area contributed by atoms with Crippen molar-refractivity contribution in [3.05, 3.63) is 24.3 Å². The van der Waals surface area contributed by atoms with E-state index < -0.39 is 0 Å². The third kappa shape index (κ3) is 3.55. The van der Waals surface area contributed by atoms with Gasteiger partial charge in [-0.3, -0.25) is 9.59 Å². The van der Waals surface area contributed by atoms with Crippen LogP contribution in [0.3, 0.4) is 0 Å². The molecule has 2 fully saturated rings. The van der Waals surface area contributed by atoms with Gasteiger partial charge in [-0.25, -0.2) is 4.90 Å². The highest BCUT2D eigenvalue weighted by Crippen LogP contribution is 2.25. The van der Waals surface area contributed by atoms with Gasteiger partial charge in [-0.05, 0) is 56.9 Å². The standard InChI is InChI=1S/C18H24N2O3/c1-2-23-15-10-8-14(9-11-15)20-17(21)12-16(18(20)22)19-13-6-4-3-5-7-13/h8-11,13,16,19H,2-7,12H2,1H3/p+1/t16-/m0/s1. The molecule has 5 nitrogen and oxygen atoms in total. The Balaban J connectivity index is 1.68. The average Bonchev–Trinajstić information content (AvgIpc) is 2.84. The minimum atomic E-state index is -0.253. The zero-order valence-electron chi connectivity index (χ0n) is 13.7. The Bertz CT molecular complexity index is 564. The van der Waals surface area contributed by atoms with Crippen molar-refractivity contribution in [2.45, 2.75) is 57.5 Å². The minimum absolute atomic E-state index is 0.0790. The Labute approximate surface area is 137 Å². The number of hydrogen-bond acceptors (Lipinski definition) is 3. The van der Waals surface area contributed by atoms with E-state index in [1.807, 2.05) is 6.92 Å². The van der Waals surface area contributed by atoms with Crippen molar-refractivity contribution in [1.82, 2.24) is 0 Å². The molecule has 5 heteroatoms. The molecule has 1 heterocycles. The van der Waals surface area contributed by atoms with Crippen LogP contribution in [0, 0.1) is 0 Å². The summed E-state index contributed by atoms with van der Waals surface area (Å²) in [6.07, 6.45) is 6.38. The predicted molar refractivity (Wildman–Crippen MR) is 87.3 cm³/mol. The lowest BCUT2D eigenvalue weighted by atomic mass is 9.95. The first kappa shape index (κ1) is 16.0. The smallest absolute Gasteiger partial charge is 0.292 e. The molecule has 1 atom stereocenters. The Morgan fingerprint density at radius 2 is 1.83 bits per heavy atom. The van der Waals surface area contributed by atoms with Crippen LogP contribution in [0.5, 0.6) is 5.75 Å². The molecule has 0 aromatic heterocycles. The molecule has 1 saturated heterocycles. The normalized spacial score (nSPS) is 22.7. The molecule has 1 saturated carbocycles. The second kappa shape index (κ2) is 7.13. The number of quaternary nitrogens is 1. The van der Waals surface area contributed by atoms with E-state index in [9.17, 15) is 9.59 Å². The number of rotatable bonds is 5. The van der Waals surface area contributed by atoms with Crippen LogP contribution in [-0.2, 0) is 9.59 Å². The molecule has 124 valence electrons. The molecule has 2 amide bonds. The third-order valence-corrected chi connectivity index (χ3v) is 4.74. The lowest BCUT2D eigenvalue weighted by molar-refractivity contribution is -0.710. The number of imide groups is 1. The van der Waals surface area contributed by atoms with Crippen molar-refractivity contribution in [3.8, 4) is 5.75 Å². The first-order chi connectivity index (χ1) is 11.2. The van der Waals surface area contributed by atoms with Gasteiger partial charge in [-0.15, -0.1) is 0 Å². The number of carbonyl (C=O) groups is 2. The number of hydrogen-bond donors (Lipinski definition) is 1. The van der Waals surface area contributed by atoms with E-state index >= 15 is 0 Å². The Hall–Kier alpha value is -1.88. The summed E-state index contributed by atoms with van der Waals surface area (Å²) in [6, 6.07) is 7.41. The van der Waals surface area contributed by atoms with Crippen LogP contribution in [0.1, 0.15) is 45.4 Å². The van der Waals surface area contributed by atoms with Crippen molar-refractivity contribution >= 4 is 17.5 Å². The molecular weight excluding hydrogens is 292 g/mol. The predicted octanol–water partition coefficient (Wildman–Crippen LogP) is 1.61. The summed E-state index contributed by atoms with van der Waals surface area (Å²) >= 11 is 0. The van der Waals surface area contributed by atoms with Gasteiger partial charge >= 0.3 is 0 Å². The SMILES string of the molecule is CCOc1ccc(N2C(=O)C[C@H]([NH2+]C3CCCCC3)C2=O)cc1. The molecule has 0 spiro atoms. The summed E-state index contributed by atoms with van der Waals surface area (Å²) in [5.41, 5.74) is 0.642. The van der Waals surface area contributed by atoms with Crippen LogP contribution in [-0.4, -0.2) is 30.5 Å². The molecule has 1 aliphatic carbocycles. The lowest BCUT2D eigenvalue weighted by Gasteiger charge is -2.22. The van der Waals surface area contributed by atoms with Crippen molar-refractivity contribution in [3.63, 3.8) is 0 Å². The summed E-state index contributed by atoms with van der Waals surface area (Å²) in [7, 11) is 0. The van der Waals surface area contributed by atoms with Crippen LogP contribution >= 0.6 is 0 Å². The van der Waals surface area contributed by atoms with Crippen molar-refractivity contribution in [1.29, 1.82) is 0 Å². The molecule has 0 radical (unpaired) electrons. The van der Waals surface area contributed by atoms with Gasteiger partial charge in [0, 0.05) is 0 Å². The Morgan fingerprint density at radius 3 is 2.48 bits per heavy atom. The van der Waals surface area contributed by atoms with E-state index in [1.54, 1.807) is 24.3 Å². The molecular formula is C18H25N2O3+. The second-order valence-corrected chi connectivity index (χ2v) is 6.40. The van der Waals surface area contributed by atoms with Crippen molar-refractivity contribution in [2.24, 2.45) is 0 Å². The van der Waals surface area contributed by atoms with E-state index in [4.69, 9.17) is 4.74 Å². The van der Waals surface area contributed by atoms with E-state index in [0.29, 0.717) is 24.8 Å². The number of anilines is 1. The van der Waals surface area contributed by atoms with E-state index in [2.05, 4.69) is 5.32 Å². The van der Waals surface area contributed by atoms with Crippen LogP contribution in [0.2, 0.25) is 0 Å². The molecule has 0 unspecified atom stereocenters. The minimum Gasteiger partial charge on any atom is -0.494 e. The lowest BCUT2D eigenvalue weighted by Crippen LogP contribution is -2.96. The topological polar surface area (TPSA) is 63.2 Å². The van der Waals surface area contributed by atoms with Gasteiger partial charge in [0.1, 0.15) is 5.75 Å². The summed E-state index contributed by atoms with van der Waals surface area (Å²) in [5.74, 6) is 0.571. The molecule has 1 aromatic carbocycles. The fourth-order valence-corrected chi connectivity index (χ4v) is 3.59. The molecule has 0 bridgehead atoms. The van der Waals surface area contributed by atoms with Gasteiger partial charge in [-0.1, -0.05) is 6.42 Å². The summed E-state index contributed by atoms with van der Waals surface area (Å²) in [4.78, 5) is 26.3. The number of nitrogens with two attached hydrogens (primary N) is 1. The maximum absolute atomic E-state index is 12.6. The first-order valence-corrected chi connectivity index (χ1v) is 8.63. The highest BCUT2D eigenvalue weighted by Gasteiger charge is 2.43. The Morgan fingerprint density at radius 1 is 1.13 bits per heavy atom. The molecule has 2 aliphatic rings. The van der Waals surface area contributed by atoms with E-state index in [-0.39, 0.29) is 17.9 Å². The van der Waals surface area contributed by atoms with Crippen molar-refractivity contribution in [2.75, 3.05) is 11.5 Å². The Kier molecular flexibility index (Phi) is 4.96. The number of amides is 2. The third-order valence-electron chi connectivity index (χ3n) is 4.74. The van der Waals surface area contributed by atoms with Gasteiger partial charge in [0.2, 0.25) is 5.91 Å². The second-order valence-electron chi connectivity index (χ2n) is 6.40. The average molecular weight is 317 g/mol. The zero-order chi connectivity index (χ0) is 16.2. The van der Waals surface area contributed by atoms with Crippen LogP contribution < -0.4 is 15.0 Å². The van der Waals surface area contributed by atoms with Gasteiger partial charge in [0.15, 0.2) is 6.04 Å². The molecule has 23 heavy (non-hydrogen) atoms. The number of nitrogens with zero attached hydrogens (tertiary/aromatic N) is 1. The quantitative estimate of drug-likeness (QED) is 0.839. The van der Waals surface area contributed by atoms with Gasteiger partial charge < -0.3 is 10.1 Å². The zero-order valence-corrected chi connectivity index (χ0v) is 13.7. The fraction of sp³-hybridized carbons (Fsp3) is 0.556. The van der Waals surface area contributed by atoms with Crippen LogP contribution in [0.25, 0.3) is 0 Å². The first-order valence-electron chi connectivity index (χ1n) is 8.63. The van der Waals surface area contributed by atoms with E-state index in [1.165, 1.54) is 24.2 Å². The summed E-state index contributed by atoms with van der Waals surface area (Å²) < 4.78 is 5.40. The maximum Gasteiger partial charge on any atom is 0.292 e. The highest BCUT2D eigenvalue weighted by molar-refractivity contribution is 6.21. The maximum atomic E-state index is 12.6. The van der Waals surface area contributed by atoms with Crippen LogP contribution in [0.15, 0.2) is 24.3 Å². The van der Waals surface area contributed by atoms with Gasteiger partial charge in [0.25, 0.3) is 5.91 Å². The molecule has 3 rings (SSSR count). The molecule has 1 aliphatic heterocycles. The molecule has 2 N–H and O–H groups in total. The monoisotopic (exact) mass is 317 g/mol. The number of benzene rings is 1. The highest BCUT2D eigenvalue weighted by atomic mass is 16.5. The summed E-state index contributed by atoms with van der Waals surface area (Å²) in [6.45, 7) is 2.52. The van der Waals surface area contributed by atoms with Gasteiger partial charge in [0.05, 0.1) is 24.8 Å². The fourth-order valence-electron chi connectivity index (χ4n) is 3.59.